The van der Waals surface area contributed by atoms with E-state index in [0.29, 0.717) is 27.3 Å². The minimum Gasteiger partial charge on any atom is -0.340 e. The van der Waals surface area contributed by atoms with E-state index in [9.17, 15) is 4.79 Å². The van der Waals surface area contributed by atoms with Gasteiger partial charge in [0.2, 0.25) is 0 Å². The van der Waals surface area contributed by atoms with Crippen LogP contribution in [0.1, 0.15) is 28.9 Å². The summed E-state index contributed by atoms with van der Waals surface area (Å²) in [6.07, 6.45) is 1.80. The van der Waals surface area contributed by atoms with Crippen molar-refractivity contribution in [1.82, 2.24) is 15.2 Å². The zero-order valence-electron chi connectivity index (χ0n) is 15.4. The van der Waals surface area contributed by atoms with E-state index in [1.54, 1.807) is 12.1 Å². The summed E-state index contributed by atoms with van der Waals surface area (Å²) in [6.45, 7) is 1.58. The van der Waals surface area contributed by atoms with Gasteiger partial charge in [-0.25, -0.2) is 0 Å². The molecule has 1 atom stereocenters. The van der Waals surface area contributed by atoms with Gasteiger partial charge in [-0.2, -0.15) is 0 Å². The topological polar surface area (TPSA) is 46.1 Å². The van der Waals surface area contributed by atoms with Crippen molar-refractivity contribution in [3.63, 3.8) is 0 Å². The number of fused-ring (bicyclic) bond motifs is 1. The van der Waals surface area contributed by atoms with Crippen LogP contribution in [0.5, 0.6) is 0 Å². The Hall–Kier alpha value is -1.72. The third-order valence-electron chi connectivity index (χ3n) is 5.46. The average Bonchev–Trinajstić information content (AvgIpc) is 3.03. The first-order valence-corrected chi connectivity index (χ1v) is 10.3. The molecule has 1 saturated heterocycles. The van der Waals surface area contributed by atoms with Crippen molar-refractivity contribution in [2.24, 2.45) is 7.05 Å². The second-order valence-corrected chi connectivity index (χ2v) is 8.43. The quantitative estimate of drug-likeness (QED) is 0.596. The van der Waals surface area contributed by atoms with Gasteiger partial charge in [-0.05, 0) is 55.3 Å². The van der Waals surface area contributed by atoms with Gasteiger partial charge in [0.15, 0.2) is 0 Å². The summed E-state index contributed by atoms with van der Waals surface area (Å²) in [5.74, 6) is -0.158. The predicted octanol–water partition coefficient (Wildman–Crippen LogP) is 5.15. The number of nitrogens with zero attached hydrogens (tertiary/aromatic N) is 1. The molecule has 2 heterocycles. The van der Waals surface area contributed by atoms with E-state index in [1.807, 2.05) is 41.9 Å². The van der Waals surface area contributed by atoms with Crippen LogP contribution in [0, 0.1) is 0 Å². The van der Waals surface area contributed by atoms with E-state index in [4.69, 9.17) is 34.8 Å². The molecule has 1 unspecified atom stereocenters. The SMILES string of the molecule is Cn1c(C(=O)NC2(c3cccc(Cl)c3)CCCNC2)cc2c(Cl)c(Cl)ccc21. The van der Waals surface area contributed by atoms with E-state index in [2.05, 4.69) is 10.6 Å². The van der Waals surface area contributed by atoms with Gasteiger partial charge in [0, 0.05) is 29.5 Å². The van der Waals surface area contributed by atoms with Gasteiger partial charge in [-0.1, -0.05) is 46.9 Å². The lowest BCUT2D eigenvalue weighted by Gasteiger charge is -2.39. The van der Waals surface area contributed by atoms with Crippen LogP contribution in [0.15, 0.2) is 42.5 Å². The standard InChI is InChI=1S/C21H20Cl3N3O/c1-27-17-7-6-16(23)19(24)15(17)11-18(27)20(28)26-21(8-3-9-25-12-21)13-4-2-5-14(22)10-13/h2,4-7,10-11,25H,3,8-9,12H2,1H3,(H,26,28). The van der Waals surface area contributed by atoms with Gasteiger partial charge < -0.3 is 15.2 Å². The van der Waals surface area contributed by atoms with Crippen LogP contribution < -0.4 is 10.6 Å². The highest BCUT2D eigenvalue weighted by Gasteiger charge is 2.36. The maximum atomic E-state index is 13.3. The number of carbonyl (C=O) groups is 1. The molecule has 0 saturated carbocycles. The van der Waals surface area contributed by atoms with E-state index in [-0.39, 0.29) is 5.91 Å². The number of amides is 1. The molecule has 0 radical (unpaired) electrons. The van der Waals surface area contributed by atoms with Crippen molar-refractivity contribution >= 4 is 51.6 Å². The van der Waals surface area contributed by atoms with Crippen LogP contribution in [0.3, 0.4) is 0 Å². The van der Waals surface area contributed by atoms with Crippen LogP contribution in [0.2, 0.25) is 15.1 Å². The molecule has 2 aromatic carbocycles. The Morgan fingerprint density at radius 2 is 2.00 bits per heavy atom. The third kappa shape index (κ3) is 3.39. The zero-order chi connectivity index (χ0) is 19.9. The Bertz CT molecular complexity index is 1050. The Balaban J connectivity index is 1.74. The van der Waals surface area contributed by atoms with Crippen LogP contribution >= 0.6 is 34.8 Å². The largest absolute Gasteiger partial charge is 0.340 e. The summed E-state index contributed by atoms with van der Waals surface area (Å²) < 4.78 is 1.84. The number of nitrogens with one attached hydrogen (secondary N) is 2. The molecular formula is C21H20Cl3N3O. The Labute approximate surface area is 178 Å². The second-order valence-electron chi connectivity index (χ2n) is 7.21. The minimum atomic E-state index is -0.516. The highest BCUT2D eigenvalue weighted by molar-refractivity contribution is 6.45. The molecule has 1 aliphatic heterocycles. The summed E-state index contributed by atoms with van der Waals surface area (Å²) in [6, 6.07) is 13.1. The number of aromatic nitrogens is 1. The zero-order valence-corrected chi connectivity index (χ0v) is 17.6. The molecule has 146 valence electrons. The van der Waals surface area contributed by atoms with Gasteiger partial charge in [-0.15, -0.1) is 0 Å². The van der Waals surface area contributed by atoms with E-state index in [0.717, 1.165) is 35.9 Å². The maximum absolute atomic E-state index is 13.3. The molecule has 0 aliphatic carbocycles. The number of hydrogen-bond donors (Lipinski definition) is 2. The first kappa shape index (κ1) is 19.6. The molecule has 28 heavy (non-hydrogen) atoms. The molecule has 3 aromatic rings. The van der Waals surface area contributed by atoms with Crippen LogP contribution in [0.25, 0.3) is 10.9 Å². The van der Waals surface area contributed by atoms with Gasteiger partial charge >= 0.3 is 0 Å². The lowest BCUT2D eigenvalue weighted by atomic mass is 9.83. The summed E-state index contributed by atoms with van der Waals surface area (Å²) in [5.41, 5.74) is 1.88. The fourth-order valence-corrected chi connectivity index (χ4v) is 4.53. The predicted molar refractivity (Wildman–Crippen MR) is 116 cm³/mol. The summed E-state index contributed by atoms with van der Waals surface area (Å²) in [5, 5.41) is 9.02. The number of benzene rings is 2. The summed E-state index contributed by atoms with van der Waals surface area (Å²) in [4.78, 5) is 13.3. The van der Waals surface area contributed by atoms with Crippen molar-refractivity contribution in [1.29, 1.82) is 0 Å². The molecule has 2 N–H and O–H groups in total. The lowest BCUT2D eigenvalue weighted by Crippen LogP contribution is -2.55. The Morgan fingerprint density at radius 3 is 2.71 bits per heavy atom. The molecule has 1 fully saturated rings. The van der Waals surface area contributed by atoms with Gasteiger partial charge in [0.25, 0.3) is 5.91 Å². The molecule has 4 nitrogen and oxygen atoms in total. The van der Waals surface area contributed by atoms with Crippen LogP contribution in [-0.4, -0.2) is 23.6 Å². The van der Waals surface area contributed by atoms with Gasteiger partial charge in [0.1, 0.15) is 5.69 Å². The smallest absolute Gasteiger partial charge is 0.268 e. The number of halogens is 3. The van der Waals surface area contributed by atoms with Gasteiger partial charge in [-0.3, -0.25) is 4.79 Å². The first-order valence-electron chi connectivity index (χ1n) is 9.14. The van der Waals surface area contributed by atoms with E-state index in [1.165, 1.54) is 0 Å². The van der Waals surface area contributed by atoms with E-state index < -0.39 is 5.54 Å². The molecule has 1 amide bonds. The number of piperidine rings is 1. The molecule has 1 aliphatic rings. The van der Waals surface area contributed by atoms with Crippen LogP contribution in [0.4, 0.5) is 0 Å². The van der Waals surface area contributed by atoms with Crippen molar-refractivity contribution in [2.45, 2.75) is 18.4 Å². The summed E-state index contributed by atoms with van der Waals surface area (Å²) in [7, 11) is 1.85. The Morgan fingerprint density at radius 1 is 1.18 bits per heavy atom. The normalized spacial score (nSPS) is 19.7. The number of hydrogen-bond acceptors (Lipinski definition) is 2. The van der Waals surface area contributed by atoms with Crippen molar-refractivity contribution in [3.05, 3.63) is 68.8 Å². The highest BCUT2D eigenvalue weighted by Crippen LogP contribution is 2.34. The second kappa shape index (κ2) is 7.60. The molecule has 4 rings (SSSR count). The molecule has 1 aromatic heterocycles. The number of rotatable bonds is 3. The number of carbonyl (C=O) groups excluding carboxylic acids is 1. The minimum absolute atomic E-state index is 0.158. The molecule has 0 bridgehead atoms. The Kier molecular flexibility index (Phi) is 5.32. The molecule has 7 heteroatoms. The highest BCUT2D eigenvalue weighted by atomic mass is 35.5. The molecular weight excluding hydrogens is 417 g/mol. The monoisotopic (exact) mass is 435 g/mol. The maximum Gasteiger partial charge on any atom is 0.268 e. The fraction of sp³-hybridized carbons (Fsp3) is 0.286. The number of aryl methyl sites for hydroxylation is 1. The third-order valence-corrected chi connectivity index (χ3v) is 6.51. The van der Waals surface area contributed by atoms with Crippen LogP contribution in [-0.2, 0) is 12.6 Å². The van der Waals surface area contributed by atoms with E-state index >= 15 is 0 Å². The van der Waals surface area contributed by atoms with Gasteiger partial charge in [0.05, 0.1) is 15.6 Å². The first-order chi connectivity index (χ1) is 13.4. The van der Waals surface area contributed by atoms with Crippen molar-refractivity contribution in [2.75, 3.05) is 13.1 Å². The summed E-state index contributed by atoms with van der Waals surface area (Å²) >= 11 is 18.7. The van der Waals surface area contributed by atoms with Crippen molar-refractivity contribution in [3.8, 4) is 0 Å². The molecule has 0 spiro atoms. The lowest BCUT2D eigenvalue weighted by molar-refractivity contribution is 0.0868. The fourth-order valence-electron chi connectivity index (χ4n) is 3.97. The average molecular weight is 437 g/mol. The van der Waals surface area contributed by atoms with Crippen molar-refractivity contribution < 1.29 is 4.79 Å².